The zero-order chi connectivity index (χ0) is 22.9. The van der Waals surface area contributed by atoms with Crippen LogP contribution in [0.25, 0.3) is 11.1 Å². The first-order valence-corrected chi connectivity index (χ1v) is 13.4. The summed E-state index contributed by atoms with van der Waals surface area (Å²) >= 11 is 3.25. The first-order valence-electron chi connectivity index (χ1n) is 9.93. The van der Waals surface area contributed by atoms with Crippen molar-refractivity contribution in [2.24, 2.45) is 0 Å². The minimum absolute atomic E-state index is 0.210. The molecule has 31 heavy (non-hydrogen) atoms. The highest BCUT2D eigenvalue weighted by atomic mass is 32.2. The molecule has 0 amide bonds. The average Bonchev–Trinajstić information content (AvgIpc) is 2.71. The van der Waals surface area contributed by atoms with Gasteiger partial charge in [-0.2, -0.15) is 8.42 Å². The van der Waals surface area contributed by atoms with Crippen molar-refractivity contribution in [3.63, 3.8) is 0 Å². The van der Waals surface area contributed by atoms with Gasteiger partial charge in [0, 0.05) is 14.7 Å². The molecular formula is C25H28O3S3. The van der Waals surface area contributed by atoms with E-state index < -0.39 is 10.1 Å². The van der Waals surface area contributed by atoms with E-state index >= 15 is 0 Å². The molecule has 0 atom stereocenters. The van der Waals surface area contributed by atoms with Crippen molar-refractivity contribution in [1.82, 2.24) is 0 Å². The fourth-order valence-corrected chi connectivity index (χ4v) is 6.78. The predicted molar refractivity (Wildman–Crippen MR) is 132 cm³/mol. The van der Waals surface area contributed by atoms with Crippen LogP contribution in [-0.2, 0) is 14.3 Å². The van der Waals surface area contributed by atoms with Crippen molar-refractivity contribution >= 4 is 33.6 Å². The van der Waals surface area contributed by atoms with Gasteiger partial charge in [0.25, 0.3) is 10.1 Å². The predicted octanol–water partition coefficient (Wildman–Crippen LogP) is 7.10. The van der Waals surface area contributed by atoms with E-state index in [1.165, 1.54) is 46.0 Å². The largest absolute Gasteiger partial charge is 0.297 e. The van der Waals surface area contributed by atoms with Gasteiger partial charge in [-0.05, 0) is 92.0 Å². The third-order valence-electron chi connectivity index (χ3n) is 5.26. The number of thioether (sulfide) groups is 1. The maximum Gasteiger partial charge on any atom is 0.297 e. The zero-order valence-corrected chi connectivity index (χ0v) is 21.4. The highest BCUT2D eigenvalue weighted by molar-refractivity contribution is 8.00. The van der Waals surface area contributed by atoms with Crippen molar-refractivity contribution in [2.45, 2.75) is 54.2 Å². The molecule has 0 aliphatic carbocycles. The van der Waals surface area contributed by atoms with E-state index in [9.17, 15) is 8.42 Å². The summed E-state index contributed by atoms with van der Waals surface area (Å²) in [5.41, 5.74) is 8.05. The second-order valence-electron chi connectivity index (χ2n) is 7.76. The lowest BCUT2D eigenvalue weighted by Gasteiger charge is -2.16. The van der Waals surface area contributed by atoms with Crippen LogP contribution < -0.4 is 0 Å². The number of hydrogen-bond donors (Lipinski definition) is 0. The normalized spacial score (nSPS) is 11.7. The Balaban J connectivity index is 2.06. The quantitative estimate of drug-likeness (QED) is 0.283. The Morgan fingerprint density at radius 2 is 1.23 bits per heavy atom. The molecule has 0 aliphatic heterocycles. The summed E-state index contributed by atoms with van der Waals surface area (Å²) in [6.07, 6.45) is 2.11. The van der Waals surface area contributed by atoms with Gasteiger partial charge in [0.1, 0.15) is 4.90 Å². The van der Waals surface area contributed by atoms with E-state index in [2.05, 4.69) is 58.2 Å². The molecule has 0 radical (unpaired) electrons. The van der Waals surface area contributed by atoms with Crippen molar-refractivity contribution in [1.29, 1.82) is 0 Å². The molecule has 0 spiro atoms. The standard InChI is InChI=1S/C25H28O3S3/c1-15-8-9-22(23(10-15)31(26,27)28-6)30-25-18(4)13-21(14-19(25)5)20-11-16(2)24(29-7)17(3)12-20/h8-14H,1-7H3. The van der Waals surface area contributed by atoms with Gasteiger partial charge in [-0.15, -0.1) is 11.8 Å². The number of rotatable bonds is 6. The second kappa shape index (κ2) is 9.41. The van der Waals surface area contributed by atoms with Gasteiger partial charge in [0.15, 0.2) is 0 Å². The van der Waals surface area contributed by atoms with Crippen LogP contribution in [0.1, 0.15) is 27.8 Å². The van der Waals surface area contributed by atoms with Crippen LogP contribution in [0.3, 0.4) is 0 Å². The highest BCUT2D eigenvalue weighted by Crippen LogP contribution is 2.40. The SMILES string of the molecule is COS(=O)(=O)c1cc(C)ccc1Sc1c(C)cc(-c2cc(C)c(SC)c(C)c2)cc1C. The lowest BCUT2D eigenvalue weighted by atomic mass is 9.97. The van der Waals surface area contributed by atoms with E-state index in [0.717, 1.165) is 21.6 Å². The summed E-state index contributed by atoms with van der Waals surface area (Å²) in [6, 6.07) is 14.3. The smallest absolute Gasteiger partial charge is 0.270 e. The molecule has 164 valence electrons. The third kappa shape index (κ3) is 5.03. The molecule has 0 aliphatic rings. The van der Waals surface area contributed by atoms with Crippen LogP contribution in [0.15, 0.2) is 62.0 Å². The Morgan fingerprint density at radius 1 is 0.742 bits per heavy atom. The molecule has 0 heterocycles. The van der Waals surface area contributed by atoms with Gasteiger partial charge in [-0.1, -0.05) is 42.1 Å². The number of hydrogen-bond acceptors (Lipinski definition) is 5. The van der Waals surface area contributed by atoms with E-state index in [0.29, 0.717) is 4.90 Å². The van der Waals surface area contributed by atoms with Crippen LogP contribution >= 0.6 is 23.5 Å². The van der Waals surface area contributed by atoms with Crippen LogP contribution in [0.4, 0.5) is 0 Å². The van der Waals surface area contributed by atoms with E-state index in [4.69, 9.17) is 4.18 Å². The molecule has 0 N–H and O–H groups in total. The molecule has 6 heteroatoms. The van der Waals surface area contributed by atoms with E-state index in [1.807, 2.05) is 19.1 Å². The molecule has 0 bridgehead atoms. The fourth-order valence-electron chi connectivity index (χ4n) is 3.81. The maximum atomic E-state index is 12.5. The molecule has 3 rings (SSSR count). The van der Waals surface area contributed by atoms with Crippen molar-refractivity contribution in [3.05, 3.63) is 70.3 Å². The summed E-state index contributed by atoms with van der Waals surface area (Å²) in [4.78, 5) is 3.27. The Kier molecular flexibility index (Phi) is 7.26. The molecule has 0 saturated heterocycles. The fraction of sp³-hybridized carbons (Fsp3) is 0.280. The van der Waals surface area contributed by atoms with Crippen LogP contribution in [0, 0.1) is 34.6 Å². The van der Waals surface area contributed by atoms with Crippen LogP contribution in [0.5, 0.6) is 0 Å². The number of aryl methyl sites for hydroxylation is 5. The molecular weight excluding hydrogens is 444 g/mol. The van der Waals surface area contributed by atoms with Gasteiger partial charge in [-0.3, -0.25) is 4.18 Å². The first-order chi connectivity index (χ1) is 14.6. The van der Waals surface area contributed by atoms with Crippen molar-refractivity contribution in [3.8, 4) is 11.1 Å². The Labute approximate surface area is 194 Å². The minimum Gasteiger partial charge on any atom is -0.270 e. The molecule has 0 fully saturated rings. The highest BCUT2D eigenvalue weighted by Gasteiger charge is 2.20. The summed E-state index contributed by atoms with van der Waals surface area (Å²) in [5.74, 6) is 0. The molecule has 0 aromatic heterocycles. The van der Waals surface area contributed by atoms with E-state index in [-0.39, 0.29) is 4.90 Å². The lowest BCUT2D eigenvalue weighted by Crippen LogP contribution is -2.05. The van der Waals surface area contributed by atoms with Gasteiger partial charge in [-0.25, -0.2) is 0 Å². The minimum atomic E-state index is -3.79. The zero-order valence-electron chi connectivity index (χ0n) is 19.0. The van der Waals surface area contributed by atoms with Gasteiger partial charge < -0.3 is 0 Å². The molecule has 3 nitrogen and oxygen atoms in total. The topological polar surface area (TPSA) is 43.4 Å². The molecule has 3 aromatic carbocycles. The number of benzene rings is 3. The van der Waals surface area contributed by atoms with E-state index in [1.54, 1.807) is 17.8 Å². The summed E-state index contributed by atoms with van der Waals surface area (Å²) in [7, 11) is -2.59. The summed E-state index contributed by atoms with van der Waals surface area (Å²) in [6.45, 7) is 10.3. The lowest BCUT2D eigenvalue weighted by molar-refractivity contribution is 0.396. The summed E-state index contributed by atoms with van der Waals surface area (Å²) in [5, 5.41) is 0. The van der Waals surface area contributed by atoms with Crippen LogP contribution in [-0.4, -0.2) is 21.8 Å². The average molecular weight is 473 g/mol. The Morgan fingerprint density at radius 3 is 1.68 bits per heavy atom. The van der Waals surface area contributed by atoms with Gasteiger partial charge >= 0.3 is 0 Å². The van der Waals surface area contributed by atoms with Crippen molar-refractivity contribution < 1.29 is 12.6 Å². The molecule has 0 saturated carbocycles. The van der Waals surface area contributed by atoms with Gasteiger partial charge in [0.05, 0.1) is 7.11 Å². The second-order valence-corrected chi connectivity index (χ2v) is 11.3. The van der Waals surface area contributed by atoms with Crippen molar-refractivity contribution in [2.75, 3.05) is 13.4 Å². The first kappa shape index (κ1) is 23.9. The Hall–Kier alpha value is -1.73. The Bertz CT molecular complexity index is 1200. The van der Waals surface area contributed by atoms with Crippen LogP contribution in [0.2, 0.25) is 0 Å². The maximum absolute atomic E-state index is 12.5. The van der Waals surface area contributed by atoms with Gasteiger partial charge in [0.2, 0.25) is 0 Å². The summed E-state index contributed by atoms with van der Waals surface area (Å²) < 4.78 is 29.7. The molecule has 0 unspecified atom stereocenters. The third-order valence-corrected chi connectivity index (χ3v) is 9.18. The monoisotopic (exact) mass is 472 g/mol. The molecule has 3 aromatic rings.